The molecule has 0 radical (unpaired) electrons. The molecule has 0 aliphatic heterocycles. The van der Waals surface area contributed by atoms with Gasteiger partial charge in [0, 0.05) is 0 Å². The molecule has 0 amide bonds. The van der Waals surface area contributed by atoms with E-state index < -0.39 is 0 Å². The first-order valence-corrected chi connectivity index (χ1v) is 16.1. The largest absolute Gasteiger partial charge is 0.0622 e. The number of benzene rings is 7. The second-order valence-electron chi connectivity index (χ2n) is 13.0. The first-order valence-electron chi connectivity index (χ1n) is 16.1. The first kappa shape index (κ1) is 29.3. The van der Waals surface area contributed by atoms with Crippen molar-refractivity contribution in [2.24, 2.45) is 0 Å². The Morgan fingerprint density at radius 2 is 0.652 bits per heavy atom. The Balaban J connectivity index is 1.59. The lowest BCUT2D eigenvalue weighted by atomic mass is 9.78. The third kappa shape index (κ3) is 5.83. The maximum Gasteiger partial charge on any atom is -0.00143 e. The van der Waals surface area contributed by atoms with Gasteiger partial charge in [-0.1, -0.05) is 185 Å². The van der Waals surface area contributed by atoms with Gasteiger partial charge >= 0.3 is 0 Å². The van der Waals surface area contributed by atoms with E-state index in [4.69, 9.17) is 0 Å². The van der Waals surface area contributed by atoms with Gasteiger partial charge in [0.1, 0.15) is 0 Å². The van der Waals surface area contributed by atoms with Crippen LogP contribution in [-0.2, 0) is 5.41 Å². The standard InChI is InChI=1S/C46H38/c1-46(2,3)40-29-17-27-38(31-40)37-26-16-28-39(30-37)42-32-41(33-18-8-4-9-19-33)43(34-20-10-5-11-21-34)45(36-24-14-7-15-25-36)44(42)35-22-12-6-13-23-35/h4-32H,1-3H3. The number of hydrogen-bond donors (Lipinski definition) is 0. The lowest BCUT2D eigenvalue weighted by molar-refractivity contribution is 0.590. The van der Waals surface area contributed by atoms with Crippen molar-refractivity contribution in [3.8, 4) is 66.8 Å². The predicted octanol–water partition coefficient (Wildman–Crippen LogP) is 13.0. The van der Waals surface area contributed by atoms with Crippen molar-refractivity contribution in [1.29, 1.82) is 0 Å². The molecule has 46 heavy (non-hydrogen) atoms. The van der Waals surface area contributed by atoms with E-state index in [-0.39, 0.29) is 5.41 Å². The molecule has 0 bridgehead atoms. The lowest BCUT2D eigenvalue weighted by Crippen LogP contribution is -2.10. The highest BCUT2D eigenvalue weighted by atomic mass is 14.3. The molecule has 0 aromatic heterocycles. The smallest absolute Gasteiger partial charge is 0.00143 e. The molecule has 0 aliphatic carbocycles. The highest BCUT2D eigenvalue weighted by Gasteiger charge is 2.24. The summed E-state index contributed by atoms with van der Waals surface area (Å²) in [7, 11) is 0. The van der Waals surface area contributed by atoms with Crippen LogP contribution >= 0.6 is 0 Å². The molecule has 0 fully saturated rings. The van der Waals surface area contributed by atoms with Gasteiger partial charge in [0.05, 0.1) is 0 Å². The fourth-order valence-electron chi connectivity index (χ4n) is 6.49. The minimum absolute atomic E-state index is 0.0799. The summed E-state index contributed by atoms with van der Waals surface area (Å²) in [5, 5.41) is 0. The van der Waals surface area contributed by atoms with E-state index in [1.54, 1.807) is 0 Å². The van der Waals surface area contributed by atoms with Crippen molar-refractivity contribution in [1.82, 2.24) is 0 Å². The molecule has 0 atom stereocenters. The second kappa shape index (κ2) is 12.5. The Morgan fingerprint density at radius 1 is 0.283 bits per heavy atom. The lowest BCUT2D eigenvalue weighted by Gasteiger charge is -2.24. The molecule has 0 heteroatoms. The summed E-state index contributed by atoms with van der Waals surface area (Å²) >= 11 is 0. The maximum atomic E-state index is 2.43. The van der Waals surface area contributed by atoms with E-state index in [1.165, 1.54) is 72.3 Å². The molecule has 0 nitrogen and oxygen atoms in total. The first-order chi connectivity index (χ1) is 22.5. The molecule has 0 unspecified atom stereocenters. The summed E-state index contributed by atoms with van der Waals surface area (Å²) in [4.78, 5) is 0. The highest BCUT2D eigenvalue weighted by molar-refractivity contribution is 6.07. The molecule has 222 valence electrons. The molecule has 7 aromatic carbocycles. The van der Waals surface area contributed by atoms with Crippen molar-refractivity contribution in [2.75, 3.05) is 0 Å². The van der Waals surface area contributed by atoms with Gasteiger partial charge in [-0.05, 0) is 89.9 Å². The molecule has 7 rings (SSSR count). The van der Waals surface area contributed by atoms with Gasteiger partial charge in [0.25, 0.3) is 0 Å². The van der Waals surface area contributed by atoms with Gasteiger partial charge < -0.3 is 0 Å². The highest BCUT2D eigenvalue weighted by Crippen LogP contribution is 2.50. The zero-order valence-corrected chi connectivity index (χ0v) is 26.7. The van der Waals surface area contributed by atoms with Crippen LogP contribution in [0.4, 0.5) is 0 Å². The zero-order valence-electron chi connectivity index (χ0n) is 26.7. The van der Waals surface area contributed by atoms with Gasteiger partial charge in [0.15, 0.2) is 0 Å². The molecular formula is C46H38. The summed E-state index contributed by atoms with van der Waals surface area (Å²) < 4.78 is 0. The summed E-state index contributed by atoms with van der Waals surface area (Å²) in [6, 6.07) is 64.0. The summed E-state index contributed by atoms with van der Waals surface area (Å²) in [5.74, 6) is 0. The molecule has 0 saturated carbocycles. The van der Waals surface area contributed by atoms with Crippen LogP contribution in [0.1, 0.15) is 26.3 Å². The van der Waals surface area contributed by atoms with Gasteiger partial charge in [-0.15, -0.1) is 0 Å². The van der Waals surface area contributed by atoms with Crippen LogP contribution in [0.25, 0.3) is 66.8 Å². The van der Waals surface area contributed by atoms with Gasteiger partial charge in [-0.3, -0.25) is 0 Å². The Bertz CT molecular complexity index is 2080. The normalized spacial score (nSPS) is 11.4. The van der Waals surface area contributed by atoms with Gasteiger partial charge in [-0.25, -0.2) is 0 Å². The van der Waals surface area contributed by atoms with Crippen LogP contribution in [0.3, 0.4) is 0 Å². The van der Waals surface area contributed by atoms with E-state index in [1.807, 2.05) is 0 Å². The summed E-state index contributed by atoms with van der Waals surface area (Å²) in [5.41, 5.74) is 16.1. The molecule has 0 N–H and O–H groups in total. The number of hydrogen-bond acceptors (Lipinski definition) is 0. The Hall–Kier alpha value is -5.46. The van der Waals surface area contributed by atoms with Crippen LogP contribution in [0.2, 0.25) is 0 Å². The Labute approximate surface area is 273 Å². The van der Waals surface area contributed by atoms with Crippen LogP contribution in [0.5, 0.6) is 0 Å². The van der Waals surface area contributed by atoms with Crippen LogP contribution in [-0.4, -0.2) is 0 Å². The Kier molecular flexibility index (Phi) is 7.95. The molecule has 7 aromatic rings. The monoisotopic (exact) mass is 590 g/mol. The van der Waals surface area contributed by atoms with Crippen molar-refractivity contribution in [3.05, 3.63) is 181 Å². The molecular weight excluding hydrogens is 553 g/mol. The number of rotatable bonds is 6. The zero-order chi connectivity index (χ0) is 31.5. The van der Waals surface area contributed by atoms with E-state index in [0.29, 0.717) is 0 Å². The van der Waals surface area contributed by atoms with Crippen molar-refractivity contribution in [2.45, 2.75) is 26.2 Å². The van der Waals surface area contributed by atoms with Gasteiger partial charge in [0.2, 0.25) is 0 Å². The van der Waals surface area contributed by atoms with Crippen molar-refractivity contribution < 1.29 is 0 Å². The van der Waals surface area contributed by atoms with Crippen LogP contribution < -0.4 is 0 Å². The van der Waals surface area contributed by atoms with E-state index in [0.717, 1.165) is 0 Å². The van der Waals surface area contributed by atoms with Crippen LogP contribution in [0.15, 0.2) is 176 Å². The molecule has 0 heterocycles. The predicted molar refractivity (Wildman–Crippen MR) is 198 cm³/mol. The maximum absolute atomic E-state index is 2.43. The third-order valence-electron chi connectivity index (χ3n) is 8.84. The quantitative estimate of drug-likeness (QED) is 0.181. The average molecular weight is 591 g/mol. The molecule has 0 aliphatic rings. The van der Waals surface area contributed by atoms with Crippen LogP contribution in [0, 0.1) is 0 Å². The average Bonchev–Trinajstić information content (AvgIpc) is 3.12. The van der Waals surface area contributed by atoms with Crippen molar-refractivity contribution >= 4 is 0 Å². The fraction of sp³-hybridized carbons (Fsp3) is 0.0870. The molecule has 0 spiro atoms. The third-order valence-corrected chi connectivity index (χ3v) is 8.84. The molecule has 0 saturated heterocycles. The van der Waals surface area contributed by atoms with E-state index in [2.05, 4.69) is 197 Å². The Morgan fingerprint density at radius 3 is 1.15 bits per heavy atom. The van der Waals surface area contributed by atoms with Gasteiger partial charge in [-0.2, -0.15) is 0 Å². The summed E-state index contributed by atoms with van der Waals surface area (Å²) in [6.45, 7) is 6.83. The SMILES string of the molecule is CC(C)(C)c1cccc(-c2cccc(-c3cc(-c4ccccc4)c(-c4ccccc4)c(-c4ccccc4)c3-c3ccccc3)c2)c1. The minimum Gasteiger partial charge on any atom is -0.0622 e. The van der Waals surface area contributed by atoms with Crippen molar-refractivity contribution in [3.63, 3.8) is 0 Å². The van der Waals surface area contributed by atoms with E-state index >= 15 is 0 Å². The second-order valence-corrected chi connectivity index (χ2v) is 13.0. The minimum atomic E-state index is 0.0799. The fourth-order valence-corrected chi connectivity index (χ4v) is 6.49. The topological polar surface area (TPSA) is 0 Å². The summed E-state index contributed by atoms with van der Waals surface area (Å²) in [6.07, 6.45) is 0. The van der Waals surface area contributed by atoms with E-state index in [9.17, 15) is 0 Å².